The van der Waals surface area contributed by atoms with Gasteiger partial charge in [0, 0.05) is 25.6 Å². The summed E-state index contributed by atoms with van der Waals surface area (Å²) in [6.45, 7) is 3.98. The van der Waals surface area contributed by atoms with Gasteiger partial charge < -0.3 is 20.9 Å². The van der Waals surface area contributed by atoms with E-state index in [4.69, 9.17) is 5.73 Å². The van der Waals surface area contributed by atoms with Crippen LogP contribution in [0.5, 0.6) is 0 Å². The minimum Gasteiger partial charge on any atom is -0.357 e. The number of nitrogens with two attached hydrogens (primary N) is 1. The van der Waals surface area contributed by atoms with Gasteiger partial charge in [-0.25, -0.2) is 0 Å². The lowest BCUT2D eigenvalue weighted by Gasteiger charge is -2.43. The third kappa shape index (κ3) is 7.33. The molecule has 0 bridgehead atoms. The quantitative estimate of drug-likeness (QED) is 0.418. The van der Waals surface area contributed by atoms with Crippen molar-refractivity contribution < 1.29 is 14.4 Å². The van der Waals surface area contributed by atoms with Gasteiger partial charge in [0.1, 0.15) is 12.6 Å². The summed E-state index contributed by atoms with van der Waals surface area (Å²) in [4.78, 5) is 43.1. The van der Waals surface area contributed by atoms with Gasteiger partial charge >= 0.3 is 0 Å². The molecule has 204 valence electrons. The van der Waals surface area contributed by atoms with Gasteiger partial charge in [-0.3, -0.25) is 14.4 Å². The Hall–Kier alpha value is -3.97. The zero-order valence-electron chi connectivity index (χ0n) is 23.0. The van der Waals surface area contributed by atoms with E-state index in [2.05, 4.69) is 35.6 Å². The van der Waals surface area contributed by atoms with Crippen LogP contribution in [0.25, 0.3) is 10.8 Å². The first-order valence-corrected chi connectivity index (χ1v) is 13.4. The molecule has 1 aliphatic rings. The van der Waals surface area contributed by atoms with Crippen LogP contribution in [0.2, 0.25) is 0 Å². The Morgan fingerprint density at radius 3 is 2.41 bits per heavy atom. The second-order valence-electron chi connectivity index (χ2n) is 11.0. The standard InChI is InChI=1S/C32H38N4O3/c1-32(2,33)17-9-14-29(37)35-22-30(38)36(28(31(39)34-3)20-23-10-5-4-6-11-23)21-27(35)19-24-15-16-25-12-7-8-13-26(25)18-24/h4-16,18,27-28H,17,19-22,33H2,1-3H3,(H,34,39)/t27-,28-/m1/s1. The van der Waals surface area contributed by atoms with Crippen molar-refractivity contribution >= 4 is 28.5 Å². The third-order valence-electron chi connectivity index (χ3n) is 7.14. The first-order valence-electron chi connectivity index (χ1n) is 13.4. The van der Waals surface area contributed by atoms with Crippen molar-refractivity contribution in [3.05, 3.63) is 96.1 Å². The van der Waals surface area contributed by atoms with Crippen LogP contribution in [0.1, 0.15) is 31.4 Å². The molecule has 0 spiro atoms. The Bertz CT molecular complexity index is 1350. The fourth-order valence-corrected chi connectivity index (χ4v) is 5.07. The molecule has 3 aromatic rings. The molecule has 0 saturated carbocycles. The number of hydrogen-bond acceptors (Lipinski definition) is 4. The second kappa shape index (κ2) is 12.3. The maximum Gasteiger partial charge on any atom is 0.247 e. The van der Waals surface area contributed by atoms with Crippen LogP contribution < -0.4 is 11.1 Å². The molecule has 2 atom stereocenters. The molecule has 7 nitrogen and oxygen atoms in total. The van der Waals surface area contributed by atoms with Gasteiger partial charge in [0.05, 0.1) is 6.04 Å². The lowest BCUT2D eigenvalue weighted by Crippen LogP contribution is -2.63. The van der Waals surface area contributed by atoms with Crippen molar-refractivity contribution in [1.29, 1.82) is 0 Å². The lowest BCUT2D eigenvalue weighted by atomic mass is 9.96. The van der Waals surface area contributed by atoms with E-state index in [0.29, 0.717) is 19.3 Å². The second-order valence-corrected chi connectivity index (χ2v) is 11.0. The highest BCUT2D eigenvalue weighted by Gasteiger charge is 2.39. The number of amides is 3. The Morgan fingerprint density at radius 1 is 1.03 bits per heavy atom. The highest BCUT2D eigenvalue weighted by molar-refractivity contribution is 5.94. The number of benzene rings is 3. The molecule has 0 aromatic heterocycles. The first kappa shape index (κ1) is 28.0. The van der Waals surface area contributed by atoms with E-state index in [9.17, 15) is 14.4 Å². The maximum atomic E-state index is 13.5. The normalized spacial score (nSPS) is 17.0. The van der Waals surface area contributed by atoms with Gasteiger partial charge in [0.25, 0.3) is 0 Å². The van der Waals surface area contributed by atoms with E-state index < -0.39 is 11.6 Å². The molecule has 3 N–H and O–H groups in total. The molecule has 1 saturated heterocycles. The summed E-state index contributed by atoms with van der Waals surface area (Å²) in [5.41, 5.74) is 7.68. The fraction of sp³-hybridized carbons (Fsp3) is 0.344. The molecule has 1 aliphatic heterocycles. The molecule has 4 rings (SSSR count). The number of fused-ring (bicyclic) bond motifs is 1. The van der Waals surface area contributed by atoms with Crippen LogP contribution in [-0.2, 0) is 27.2 Å². The predicted octanol–water partition coefficient (Wildman–Crippen LogP) is 3.46. The minimum absolute atomic E-state index is 0.0876. The minimum atomic E-state index is -0.671. The van der Waals surface area contributed by atoms with Crippen molar-refractivity contribution in [1.82, 2.24) is 15.1 Å². The van der Waals surface area contributed by atoms with E-state index >= 15 is 0 Å². The fourth-order valence-electron chi connectivity index (χ4n) is 5.07. The van der Waals surface area contributed by atoms with Gasteiger partial charge in [-0.15, -0.1) is 0 Å². The molecule has 3 amide bonds. The third-order valence-corrected chi connectivity index (χ3v) is 7.14. The van der Waals surface area contributed by atoms with Crippen LogP contribution in [-0.4, -0.2) is 65.3 Å². The number of carbonyl (C=O) groups is 3. The average molecular weight is 527 g/mol. The number of nitrogens with zero attached hydrogens (tertiary/aromatic N) is 2. The summed E-state index contributed by atoms with van der Waals surface area (Å²) < 4.78 is 0. The van der Waals surface area contributed by atoms with Crippen molar-refractivity contribution in [2.45, 2.75) is 50.7 Å². The summed E-state index contributed by atoms with van der Waals surface area (Å²) in [5, 5.41) is 4.99. The number of likely N-dealkylation sites (N-methyl/N-ethyl adjacent to an activating group) is 1. The lowest BCUT2D eigenvalue weighted by molar-refractivity contribution is -0.151. The van der Waals surface area contributed by atoms with E-state index in [1.165, 1.54) is 6.08 Å². The van der Waals surface area contributed by atoms with E-state index in [1.54, 1.807) is 22.9 Å². The number of nitrogens with one attached hydrogen (secondary N) is 1. The van der Waals surface area contributed by atoms with Crippen LogP contribution in [0.4, 0.5) is 0 Å². The van der Waals surface area contributed by atoms with Crippen LogP contribution >= 0.6 is 0 Å². The molecule has 0 aliphatic carbocycles. The summed E-state index contributed by atoms with van der Waals surface area (Å²) in [6, 6.07) is 23.1. The molecule has 0 radical (unpaired) electrons. The zero-order chi connectivity index (χ0) is 28.0. The van der Waals surface area contributed by atoms with Crippen LogP contribution in [0.15, 0.2) is 84.9 Å². The van der Waals surface area contributed by atoms with Gasteiger partial charge in [0.15, 0.2) is 0 Å². The largest absolute Gasteiger partial charge is 0.357 e. The molecule has 0 unspecified atom stereocenters. The Kier molecular flexibility index (Phi) is 8.82. The van der Waals surface area contributed by atoms with Crippen molar-refractivity contribution in [2.75, 3.05) is 20.1 Å². The summed E-state index contributed by atoms with van der Waals surface area (Å²) in [7, 11) is 1.58. The predicted molar refractivity (Wildman–Crippen MR) is 155 cm³/mol. The summed E-state index contributed by atoms with van der Waals surface area (Å²) >= 11 is 0. The smallest absolute Gasteiger partial charge is 0.247 e. The molecule has 39 heavy (non-hydrogen) atoms. The number of rotatable bonds is 9. The summed E-state index contributed by atoms with van der Waals surface area (Å²) in [5.74, 6) is -0.686. The number of hydrogen-bond donors (Lipinski definition) is 2. The van der Waals surface area contributed by atoms with E-state index in [1.807, 2.05) is 56.3 Å². The van der Waals surface area contributed by atoms with Gasteiger partial charge in [0.2, 0.25) is 17.7 Å². The molecule has 7 heteroatoms. The molecular weight excluding hydrogens is 488 g/mol. The first-order chi connectivity index (χ1) is 18.6. The summed E-state index contributed by atoms with van der Waals surface area (Å²) in [6.07, 6.45) is 4.79. The van der Waals surface area contributed by atoms with Crippen molar-refractivity contribution in [2.24, 2.45) is 5.73 Å². The number of carbonyl (C=O) groups excluding carboxylic acids is 3. The number of piperazine rings is 1. The molecular formula is C32H38N4O3. The monoisotopic (exact) mass is 526 g/mol. The highest BCUT2D eigenvalue weighted by atomic mass is 16.2. The van der Waals surface area contributed by atoms with E-state index in [0.717, 1.165) is 21.9 Å². The van der Waals surface area contributed by atoms with Gasteiger partial charge in [-0.2, -0.15) is 0 Å². The average Bonchev–Trinajstić information content (AvgIpc) is 2.92. The topological polar surface area (TPSA) is 95.7 Å². The Morgan fingerprint density at radius 2 is 1.72 bits per heavy atom. The van der Waals surface area contributed by atoms with E-state index in [-0.39, 0.29) is 36.9 Å². The van der Waals surface area contributed by atoms with Crippen molar-refractivity contribution in [3.8, 4) is 0 Å². The van der Waals surface area contributed by atoms with Gasteiger partial charge in [-0.1, -0.05) is 78.9 Å². The molecule has 3 aromatic carbocycles. The Labute approximate surface area is 230 Å². The van der Waals surface area contributed by atoms with Crippen LogP contribution in [0, 0.1) is 0 Å². The highest BCUT2D eigenvalue weighted by Crippen LogP contribution is 2.23. The zero-order valence-corrected chi connectivity index (χ0v) is 23.0. The molecule has 1 fully saturated rings. The van der Waals surface area contributed by atoms with Crippen molar-refractivity contribution in [3.63, 3.8) is 0 Å². The SMILES string of the molecule is CNC(=O)[C@@H](Cc1ccccc1)N1C[C@@H](Cc2ccc3ccccc3c2)N(C(=O)C=CCC(C)(C)N)CC1=O. The Balaban J connectivity index is 1.63. The van der Waals surface area contributed by atoms with Gasteiger partial charge in [-0.05, 0) is 54.7 Å². The maximum absolute atomic E-state index is 13.5. The van der Waals surface area contributed by atoms with Crippen LogP contribution in [0.3, 0.4) is 0 Å². The molecule has 1 heterocycles.